The van der Waals surface area contributed by atoms with Gasteiger partial charge >= 0.3 is 0 Å². The Morgan fingerprint density at radius 2 is 2.00 bits per heavy atom. The summed E-state index contributed by atoms with van der Waals surface area (Å²) in [5.41, 5.74) is 0.340. The number of aliphatic hydroxyl groups excluding tert-OH is 4. The van der Waals surface area contributed by atoms with Crippen molar-refractivity contribution in [3.8, 4) is 6.07 Å². The van der Waals surface area contributed by atoms with Gasteiger partial charge in [-0.05, 0) is 6.42 Å². The van der Waals surface area contributed by atoms with E-state index in [4.69, 9.17) is 19.8 Å². The molecule has 0 aliphatic carbocycles. The number of ether oxygens (including phenoxy) is 2. The number of aliphatic hydroxyl groups is 4. The van der Waals surface area contributed by atoms with E-state index in [1.54, 1.807) is 6.92 Å². The van der Waals surface area contributed by atoms with Gasteiger partial charge in [0.1, 0.15) is 30.7 Å². The fourth-order valence-corrected chi connectivity index (χ4v) is 1.52. The van der Waals surface area contributed by atoms with E-state index in [0.29, 0.717) is 12.0 Å². The molecule has 0 radical (unpaired) electrons. The molecule has 4 N–H and O–H groups in total. The maximum absolute atomic E-state index is 9.63. The first-order valence-corrected chi connectivity index (χ1v) is 5.60. The molecule has 1 heterocycles. The molecule has 1 rings (SSSR count). The maximum atomic E-state index is 9.63. The van der Waals surface area contributed by atoms with Crippen molar-refractivity contribution in [3.63, 3.8) is 0 Å². The van der Waals surface area contributed by atoms with Gasteiger partial charge in [0.25, 0.3) is 0 Å². The predicted octanol–water partition coefficient (Wildman–Crippen LogP) is -1.38. The number of hydrogen-bond donors (Lipinski definition) is 4. The zero-order valence-electron chi connectivity index (χ0n) is 9.93. The summed E-state index contributed by atoms with van der Waals surface area (Å²) in [4.78, 5) is 0. The van der Waals surface area contributed by atoms with Crippen LogP contribution in [0, 0.1) is 11.3 Å². The summed E-state index contributed by atoms with van der Waals surface area (Å²) < 4.78 is 10.1. The van der Waals surface area contributed by atoms with Gasteiger partial charge in [-0.25, -0.2) is 0 Å². The second-order valence-corrected chi connectivity index (χ2v) is 3.94. The van der Waals surface area contributed by atoms with Crippen LogP contribution >= 0.6 is 0 Å². The first-order valence-electron chi connectivity index (χ1n) is 5.60. The molecule has 102 valence electrons. The third kappa shape index (κ3) is 3.19. The van der Waals surface area contributed by atoms with E-state index in [-0.39, 0.29) is 0 Å². The van der Waals surface area contributed by atoms with Gasteiger partial charge < -0.3 is 29.9 Å². The van der Waals surface area contributed by atoms with Gasteiger partial charge in [-0.2, -0.15) is 5.26 Å². The molecule has 0 amide bonds. The van der Waals surface area contributed by atoms with Crippen molar-refractivity contribution < 1.29 is 29.9 Å². The second kappa shape index (κ2) is 6.68. The molecule has 1 aliphatic heterocycles. The van der Waals surface area contributed by atoms with Crippen LogP contribution in [0.3, 0.4) is 0 Å². The number of allylic oxidation sites excluding steroid dienone is 1. The van der Waals surface area contributed by atoms with Gasteiger partial charge in [0, 0.05) is 0 Å². The summed E-state index contributed by atoms with van der Waals surface area (Å²) in [5, 5.41) is 46.3. The van der Waals surface area contributed by atoms with Gasteiger partial charge in [-0.3, -0.25) is 0 Å². The average Bonchev–Trinajstić information content (AvgIpc) is 2.39. The van der Waals surface area contributed by atoms with E-state index in [1.807, 2.05) is 6.07 Å². The fraction of sp³-hybridized carbons (Fsp3) is 0.727. The van der Waals surface area contributed by atoms with Crippen molar-refractivity contribution in [2.24, 2.45) is 0 Å². The van der Waals surface area contributed by atoms with Crippen LogP contribution in [0.25, 0.3) is 0 Å². The second-order valence-electron chi connectivity index (χ2n) is 3.94. The minimum Gasteiger partial charge on any atom is -0.469 e. The first-order chi connectivity index (χ1) is 8.54. The summed E-state index contributed by atoms with van der Waals surface area (Å²) in [6.45, 7) is 1.24. The van der Waals surface area contributed by atoms with Crippen LogP contribution in [0.1, 0.15) is 13.3 Å². The van der Waals surface area contributed by atoms with E-state index in [0.717, 1.165) is 6.26 Å². The zero-order valence-corrected chi connectivity index (χ0v) is 9.93. The highest BCUT2D eigenvalue weighted by Crippen LogP contribution is 2.22. The third-order valence-electron chi connectivity index (χ3n) is 2.72. The average molecular weight is 259 g/mol. The molecular formula is C11H17NO6. The molecule has 1 fully saturated rings. The minimum atomic E-state index is -1.48. The van der Waals surface area contributed by atoms with Crippen LogP contribution in [-0.4, -0.2) is 57.7 Å². The van der Waals surface area contributed by atoms with E-state index in [2.05, 4.69) is 0 Å². The van der Waals surface area contributed by atoms with Gasteiger partial charge in [-0.1, -0.05) is 6.92 Å². The molecule has 18 heavy (non-hydrogen) atoms. The van der Waals surface area contributed by atoms with Crippen LogP contribution in [0.5, 0.6) is 0 Å². The molecule has 0 aromatic carbocycles. The van der Waals surface area contributed by atoms with E-state index in [9.17, 15) is 15.3 Å². The van der Waals surface area contributed by atoms with Crippen molar-refractivity contribution in [2.75, 3.05) is 6.61 Å². The Labute approximate surface area is 104 Å². The van der Waals surface area contributed by atoms with Crippen LogP contribution in [0.2, 0.25) is 0 Å². The SMILES string of the molecule is CC/C(C#N)=C/O[C@@H]1O[C@H](CO)[C@@H](O)[C@H](O)[C@H]1O. The van der Waals surface area contributed by atoms with Gasteiger partial charge in [-0.15, -0.1) is 0 Å². The largest absolute Gasteiger partial charge is 0.469 e. The molecular weight excluding hydrogens is 242 g/mol. The van der Waals surface area contributed by atoms with Crippen molar-refractivity contribution in [2.45, 2.75) is 44.1 Å². The lowest BCUT2D eigenvalue weighted by molar-refractivity contribution is -0.288. The summed E-state index contributed by atoms with van der Waals surface area (Å²) in [7, 11) is 0. The smallest absolute Gasteiger partial charge is 0.228 e. The Balaban J connectivity index is 2.71. The molecule has 0 saturated carbocycles. The molecule has 0 spiro atoms. The molecule has 7 heteroatoms. The lowest BCUT2D eigenvalue weighted by atomic mass is 9.99. The molecule has 5 atom stereocenters. The van der Waals surface area contributed by atoms with E-state index < -0.39 is 37.3 Å². The topological polar surface area (TPSA) is 123 Å². The van der Waals surface area contributed by atoms with Crippen molar-refractivity contribution in [1.82, 2.24) is 0 Å². The highest BCUT2D eigenvalue weighted by Gasteiger charge is 2.44. The Bertz CT molecular complexity index is 337. The van der Waals surface area contributed by atoms with Crippen LogP contribution < -0.4 is 0 Å². The van der Waals surface area contributed by atoms with E-state index >= 15 is 0 Å². The molecule has 0 aromatic heterocycles. The molecule has 0 aromatic rings. The number of hydrogen-bond acceptors (Lipinski definition) is 7. The maximum Gasteiger partial charge on any atom is 0.228 e. The lowest BCUT2D eigenvalue weighted by Crippen LogP contribution is -2.58. The van der Waals surface area contributed by atoms with Gasteiger partial charge in [0.2, 0.25) is 6.29 Å². The summed E-state index contributed by atoms with van der Waals surface area (Å²) in [6.07, 6.45) is -5.04. The minimum absolute atomic E-state index is 0.340. The van der Waals surface area contributed by atoms with Gasteiger partial charge in [0.05, 0.1) is 18.2 Å². The quantitative estimate of drug-likeness (QED) is 0.362. The van der Waals surface area contributed by atoms with Crippen LogP contribution in [0.4, 0.5) is 0 Å². The molecule has 0 unspecified atom stereocenters. The molecule has 1 saturated heterocycles. The van der Waals surface area contributed by atoms with Crippen molar-refractivity contribution in [1.29, 1.82) is 5.26 Å². The monoisotopic (exact) mass is 259 g/mol. The number of nitriles is 1. The van der Waals surface area contributed by atoms with Crippen molar-refractivity contribution in [3.05, 3.63) is 11.8 Å². The fourth-order valence-electron chi connectivity index (χ4n) is 1.52. The highest BCUT2D eigenvalue weighted by atomic mass is 16.7. The predicted molar refractivity (Wildman–Crippen MR) is 58.8 cm³/mol. The summed E-state index contributed by atoms with van der Waals surface area (Å²) in [6, 6.07) is 1.89. The van der Waals surface area contributed by atoms with Crippen LogP contribution in [-0.2, 0) is 9.47 Å². The van der Waals surface area contributed by atoms with Crippen LogP contribution in [0.15, 0.2) is 11.8 Å². The van der Waals surface area contributed by atoms with Crippen molar-refractivity contribution >= 4 is 0 Å². The van der Waals surface area contributed by atoms with Gasteiger partial charge in [0.15, 0.2) is 0 Å². The number of nitrogens with zero attached hydrogens (tertiary/aromatic N) is 1. The first kappa shape index (κ1) is 14.9. The van der Waals surface area contributed by atoms with E-state index in [1.165, 1.54) is 0 Å². The zero-order chi connectivity index (χ0) is 13.7. The highest BCUT2D eigenvalue weighted by molar-refractivity contribution is 5.17. The number of rotatable bonds is 4. The normalized spacial score (nSPS) is 37.1. The molecule has 0 bridgehead atoms. The Morgan fingerprint density at radius 1 is 1.33 bits per heavy atom. The molecule has 1 aliphatic rings. The Kier molecular flexibility index (Phi) is 5.53. The standard InChI is InChI=1S/C11H17NO6/c1-2-6(3-12)5-17-11-10(16)9(15)8(14)7(4-13)18-11/h5,7-11,13-16H,2,4H2,1H3/b6-5-/t7-,8-,9+,10-,11-/m1/s1. The molecule has 7 nitrogen and oxygen atoms in total. The summed E-state index contributed by atoms with van der Waals surface area (Å²) in [5.74, 6) is 0. The Morgan fingerprint density at radius 3 is 2.50 bits per heavy atom. The Hall–Kier alpha value is -1.17. The lowest BCUT2D eigenvalue weighted by Gasteiger charge is -2.39. The summed E-state index contributed by atoms with van der Waals surface area (Å²) >= 11 is 0. The third-order valence-corrected chi connectivity index (χ3v) is 2.72.